The van der Waals surface area contributed by atoms with Crippen LogP contribution in [0.15, 0.2) is 16.7 Å². The maximum Gasteiger partial charge on any atom is 0.374 e. The summed E-state index contributed by atoms with van der Waals surface area (Å²) in [7, 11) is 1.32. The summed E-state index contributed by atoms with van der Waals surface area (Å²) in [6.45, 7) is 3.27. The van der Waals surface area contributed by atoms with Gasteiger partial charge in [-0.2, -0.15) is 0 Å². The molecule has 1 fully saturated rings. The van der Waals surface area contributed by atoms with Gasteiger partial charge in [-0.05, 0) is 25.8 Å². The Labute approximate surface area is 117 Å². The molecular formula is C14H20N2O4. The van der Waals surface area contributed by atoms with Gasteiger partial charge in [0.05, 0.1) is 19.3 Å². The number of hydrogen-bond donors (Lipinski definition) is 1. The molecule has 0 radical (unpaired) electrons. The van der Waals surface area contributed by atoms with Crippen molar-refractivity contribution in [1.82, 2.24) is 4.90 Å². The molecule has 1 aliphatic rings. The van der Waals surface area contributed by atoms with Gasteiger partial charge in [-0.3, -0.25) is 9.69 Å². The second kappa shape index (κ2) is 6.09. The van der Waals surface area contributed by atoms with Crippen molar-refractivity contribution in [3.63, 3.8) is 0 Å². The first kappa shape index (κ1) is 14.6. The lowest BCUT2D eigenvalue weighted by Crippen LogP contribution is -2.45. The molecule has 1 aromatic heterocycles. The molecule has 20 heavy (non-hydrogen) atoms. The number of esters is 1. The predicted molar refractivity (Wildman–Crippen MR) is 71.8 cm³/mol. The zero-order valence-electron chi connectivity index (χ0n) is 11.8. The summed E-state index contributed by atoms with van der Waals surface area (Å²) in [6.07, 6.45) is 3.21. The van der Waals surface area contributed by atoms with Crippen LogP contribution in [0.25, 0.3) is 0 Å². The molecule has 110 valence electrons. The Balaban J connectivity index is 2.10. The molecule has 6 nitrogen and oxygen atoms in total. The van der Waals surface area contributed by atoms with Crippen LogP contribution in [0.4, 0.5) is 0 Å². The molecule has 2 rings (SSSR count). The summed E-state index contributed by atoms with van der Waals surface area (Å²) in [5.74, 6) is -0.649. The number of primary amides is 1. The summed E-state index contributed by atoms with van der Waals surface area (Å²) < 4.78 is 9.86. The highest BCUT2D eigenvalue weighted by atomic mass is 16.5. The second-order valence-corrected chi connectivity index (χ2v) is 5.22. The summed E-state index contributed by atoms with van der Waals surface area (Å²) in [6, 6.07) is 2.10. The lowest BCUT2D eigenvalue weighted by atomic mass is 9.92. The molecule has 0 saturated carbocycles. The maximum absolute atomic E-state index is 11.6. The van der Waals surface area contributed by atoms with Crippen LogP contribution in [-0.4, -0.2) is 36.5 Å². The normalized spacial score (nSPS) is 23.5. The standard InChI is InChI=1S/C14H20N2O4/c1-9-3-4-11(13(15)17)8-16(9)7-10-5-6-20-12(10)14(18)19-2/h5-6,9,11H,3-4,7-8H2,1-2H3,(H2,15,17)/t9-,11+/m1/s1. The first-order valence-corrected chi connectivity index (χ1v) is 6.71. The lowest BCUT2D eigenvalue weighted by Gasteiger charge is -2.36. The van der Waals surface area contributed by atoms with E-state index in [0.717, 1.165) is 18.4 Å². The van der Waals surface area contributed by atoms with E-state index in [2.05, 4.69) is 16.6 Å². The quantitative estimate of drug-likeness (QED) is 0.836. The van der Waals surface area contributed by atoms with Crippen LogP contribution in [-0.2, 0) is 16.1 Å². The Morgan fingerprint density at radius 3 is 2.90 bits per heavy atom. The minimum Gasteiger partial charge on any atom is -0.463 e. The topological polar surface area (TPSA) is 85.8 Å². The number of methoxy groups -OCH3 is 1. The number of carbonyl (C=O) groups excluding carboxylic acids is 2. The number of nitrogens with two attached hydrogens (primary N) is 1. The Morgan fingerprint density at radius 1 is 1.50 bits per heavy atom. The Kier molecular flexibility index (Phi) is 4.44. The van der Waals surface area contributed by atoms with Crippen molar-refractivity contribution in [3.05, 3.63) is 23.7 Å². The Bertz CT molecular complexity index is 497. The summed E-state index contributed by atoms with van der Waals surface area (Å²) in [4.78, 5) is 25.1. The minimum atomic E-state index is -0.485. The van der Waals surface area contributed by atoms with Gasteiger partial charge < -0.3 is 14.9 Å². The number of likely N-dealkylation sites (tertiary alicyclic amines) is 1. The lowest BCUT2D eigenvalue weighted by molar-refractivity contribution is -0.124. The van der Waals surface area contributed by atoms with Crippen molar-refractivity contribution >= 4 is 11.9 Å². The van der Waals surface area contributed by atoms with Crippen LogP contribution in [0.1, 0.15) is 35.9 Å². The molecule has 1 aromatic rings. The molecule has 0 unspecified atom stereocenters. The third-order valence-corrected chi connectivity index (χ3v) is 3.90. The fourth-order valence-electron chi connectivity index (χ4n) is 2.58. The monoisotopic (exact) mass is 280 g/mol. The highest BCUT2D eigenvalue weighted by Crippen LogP contribution is 2.25. The van der Waals surface area contributed by atoms with Crippen LogP contribution in [0.5, 0.6) is 0 Å². The van der Waals surface area contributed by atoms with Gasteiger partial charge in [0.2, 0.25) is 11.7 Å². The van der Waals surface area contributed by atoms with E-state index in [0.29, 0.717) is 19.1 Å². The van der Waals surface area contributed by atoms with E-state index in [4.69, 9.17) is 10.2 Å². The van der Waals surface area contributed by atoms with E-state index in [-0.39, 0.29) is 17.6 Å². The molecule has 2 atom stereocenters. The van der Waals surface area contributed by atoms with Crippen molar-refractivity contribution in [3.8, 4) is 0 Å². The van der Waals surface area contributed by atoms with E-state index in [1.165, 1.54) is 13.4 Å². The molecule has 6 heteroatoms. The van der Waals surface area contributed by atoms with Crippen LogP contribution in [0, 0.1) is 5.92 Å². The molecule has 1 amide bonds. The number of hydrogen-bond acceptors (Lipinski definition) is 5. The molecule has 0 bridgehead atoms. The summed E-state index contributed by atoms with van der Waals surface area (Å²) in [5.41, 5.74) is 6.16. The third-order valence-electron chi connectivity index (χ3n) is 3.90. The van der Waals surface area contributed by atoms with Gasteiger partial charge in [0.25, 0.3) is 0 Å². The molecule has 2 heterocycles. The van der Waals surface area contributed by atoms with Crippen LogP contribution in [0.2, 0.25) is 0 Å². The maximum atomic E-state index is 11.6. The summed E-state index contributed by atoms with van der Waals surface area (Å²) in [5, 5.41) is 0. The van der Waals surface area contributed by atoms with E-state index >= 15 is 0 Å². The van der Waals surface area contributed by atoms with Crippen molar-refractivity contribution in [2.24, 2.45) is 11.7 Å². The van der Waals surface area contributed by atoms with E-state index < -0.39 is 5.97 Å². The van der Waals surface area contributed by atoms with Crippen molar-refractivity contribution in [2.45, 2.75) is 32.4 Å². The number of carbonyl (C=O) groups is 2. The van der Waals surface area contributed by atoms with Gasteiger partial charge in [-0.1, -0.05) is 0 Å². The fourth-order valence-corrected chi connectivity index (χ4v) is 2.58. The first-order valence-electron chi connectivity index (χ1n) is 6.71. The van der Waals surface area contributed by atoms with Gasteiger partial charge in [0, 0.05) is 24.7 Å². The zero-order chi connectivity index (χ0) is 14.7. The zero-order valence-corrected chi connectivity index (χ0v) is 11.8. The average molecular weight is 280 g/mol. The minimum absolute atomic E-state index is 0.125. The number of ether oxygens (including phenoxy) is 1. The molecule has 2 N–H and O–H groups in total. The SMILES string of the molecule is COC(=O)c1occc1CN1C[C@@H](C(N)=O)CC[C@H]1C. The molecule has 1 saturated heterocycles. The van der Waals surface area contributed by atoms with Gasteiger partial charge in [-0.25, -0.2) is 4.79 Å². The third kappa shape index (κ3) is 3.01. The van der Waals surface area contributed by atoms with Gasteiger partial charge in [0.1, 0.15) is 0 Å². The van der Waals surface area contributed by atoms with E-state index in [9.17, 15) is 9.59 Å². The van der Waals surface area contributed by atoms with Gasteiger partial charge in [0.15, 0.2) is 0 Å². The Hall–Kier alpha value is -1.82. The van der Waals surface area contributed by atoms with Crippen LogP contribution < -0.4 is 5.73 Å². The molecule has 1 aliphatic heterocycles. The number of nitrogens with zero attached hydrogens (tertiary/aromatic N) is 1. The largest absolute Gasteiger partial charge is 0.463 e. The smallest absolute Gasteiger partial charge is 0.374 e. The highest BCUT2D eigenvalue weighted by Gasteiger charge is 2.30. The van der Waals surface area contributed by atoms with Gasteiger partial charge in [-0.15, -0.1) is 0 Å². The Morgan fingerprint density at radius 2 is 2.25 bits per heavy atom. The van der Waals surface area contributed by atoms with E-state index in [1.54, 1.807) is 6.07 Å². The summed E-state index contributed by atoms with van der Waals surface area (Å²) >= 11 is 0. The molecule has 0 aromatic carbocycles. The average Bonchev–Trinajstić information content (AvgIpc) is 2.88. The van der Waals surface area contributed by atoms with Crippen molar-refractivity contribution in [2.75, 3.05) is 13.7 Å². The molecule has 0 spiro atoms. The molecule has 0 aliphatic carbocycles. The fraction of sp³-hybridized carbons (Fsp3) is 0.571. The number of amides is 1. The highest BCUT2D eigenvalue weighted by molar-refractivity contribution is 5.87. The number of furan rings is 1. The number of rotatable bonds is 4. The molecular weight excluding hydrogens is 260 g/mol. The van der Waals surface area contributed by atoms with Gasteiger partial charge >= 0.3 is 5.97 Å². The van der Waals surface area contributed by atoms with Crippen molar-refractivity contribution in [1.29, 1.82) is 0 Å². The predicted octanol–water partition coefficient (Wildman–Crippen LogP) is 1.15. The van der Waals surface area contributed by atoms with Crippen LogP contribution >= 0.6 is 0 Å². The van der Waals surface area contributed by atoms with E-state index in [1.807, 2.05) is 0 Å². The first-order chi connectivity index (χ1) is 9.52. The second-order valence-electron chi connectivity index (χ2n) is 5.22. The van der Waals surface area contributed by atoms with Crippen LogP contribution in [0.3, 0.4) is 0 Å². The van der Waals surface area contributed by atoms with Crippen molar-refractivity contribution < 1.29 is 18.7 Å². The number of piperidine rings is 1.